The van der Waals surface area contributed by atoms with E-state index < -0.39 is 0 Å². The van der Waals surface area contributed by atoms with Crippen LogP contribution in [0.4, 0.5) is 11.4 Å². The van der Waals surface area contributed by atoms with E-state index >= 15 is 0 Å². The minimum Gasteiger partial charge on any atom is -0.384 e. The van der Waals surface area contributed by atoms with Crippen LogP contribution in [0.5, 0.6) is 0 Å². The lowest BCUT2D eigenvalue weighted by molar-refractivity contribution is 1.11. The predicted octanol–water partition coefficient (Wildman–Crippen LogP) is 5.23. The third-order valence-corrected chi connectivity index (χ3v) is 4.21. The molecule has 2 N–H and O–H groups in total. The van der Waals surface area contributed by atoms with Gasteiger partial charge in [-0.05, 0) is 29.7 Å². The third kappa shape index (κ3) is 2.69. The van der Waals surface area contributed by atoms with Crippen LogP contribution in [0.15, 0.2) is 30.3 Å². The first-order valence-electron chi connectivity index (χ1n) is 6.38. The van der Waals surface area contributed by atoms with Crippen LogP contribution in [-0.4, -0.2) is 6.54 Å². The standard InChI is InChI=1S/C15H13Cl3N2/c16-11-6-12(17)15(13(18)7-11)20-8-10-3-1-2-9-4-5-19-14(9)10/h1-3,6-7,19-20H,4-5,8H2. The van der Waals surface area contributed by atoms with Crippen molar-refractivity contribution in [3.8, 4) is 0 Å². The first-order chi connectivity index (χ1) is 9.65. The molecule has 5 heteroatoms. The number of benzene rings is 2. The van der Waals surface area contributed by atoms with Gasteiger partial charge in [0.15, 0.2) is 0 Å². The molecular formula is C15H13Cl3N2. The van der Waals surface area contributed by atoms with Crippen LogP contribution in [0.25, 0.3) is 0 Å². The van der Waals surface area contributed by atoms with Crippen molar-refractivity contribution in [3.05, 3.63) is 56.5 Å². The van der Waals surface area contributed by atoms with Gasteiger partial charge in [-0.3, -0.25) is 0 Å². The minimum absolute atomic E-state index is 0.531. The Kier molecular flexibility index (Phi) is 3.97. The number of halogens is 3. The Morgan fingerprint density at radius 2 is 1.85 bits per heavy atom. The van der Waals surface area contributed by atoms with Gasteiger partial charge in [0.25, 0.3) is 0 Å². The van der Waals surface area contributed by atoms with E-state index in [0.717, 1.165) is 13.0 Å². The lowest BCUT2D eigenvalue weighted by Gasteiger charge is -2.13. The van der Waals surface area contributed by atoms with Gasteiger partial charge in [-0.15, -0.1) is 0 Å². The van der Waals surface area contributed by atoms with Gasteiger partial charge >= 0.3 is 0 Å². The highest BCUT2D eigenvalue weighted by Crippen LogP contribution is 2.35. The highest BCUT2D eigenvalue weighted by Gasteiger charge is 2.14. The van der Waals surface area contributed by atoms with Crippen LogP contribution < -0.4 is 10.6 Å². The van der Waals surface area contributed by atoms with Crippen molar-refractivity contribution < 1.29 is 0 Å². The van der Waals surface area contributed by atoms with Gasteiger partial charge in [-0.25, -0.2) is 0 Å². The van der Waals surface area contributed by atoms with E-state index in [4.69, 9.17) is 34.8 Å². The fourth-order valence-electron chi connectivity index (χ4n) is 2.45. The normalized spacial score (nSPS) is 12.9. The maximum atomic E-state index is 6.17. The van der Waals surface area contributed by atoms with Gasteiger partial charge in [0.1, 0.15) is 0 Å². The van der Waals surface area contributed by atoms with E-state index in [2.05, 4.69) is 28.8 Å². The highest BCUT2D eigenvalue weighted by atomic mass is 35.5. The maximum absolute atomic E-state index is 6.17. The van der Waals surface area contributed by atoms with Gasteiger partial charge < -0.3 is 10.6 Å². The van der Waals surface area contributed by atoms with Crippen molar-refractivity contribution in [1.82, 2.24) is 0 Å². The molecule has 0 amide bonds. The van der Waals surface area contributed by atoms with Gasteiger partial charge in [-0.2, -0.15) is 0 Å². The summed E-state index contributed by atoms with van der Waals surface area (Å²) in [7, 11) is 0. The van der Waals surface area contributed by atoms with Crippen LogP contribution in [0, 0.1) is 0 Å². The Hall–Kier alpha value is -1.09. The molecule has 2 aromatic carbocycles. The van der Waals surface area contributed by atoms with E-state index in [-0.39, 0.29) is 0 Å². The molecule has 0 bridgehead atoms. The monoisotopic (exact) mass is 326 g/mol. The molecule has 0 radical (unpaired) electrons. The van der Waals surface area contributed by atoms with Gasteiger partial charge in [-0.1, -0.05) is 53.0 Å². The number of hydrogen-bond donors (Lipinski definition) is 2. The second-order valence-electron chi connectivity index (χ2n) is 4.73. The Morgan fingerprint density at radius 3 is 2.60 bits per heavy atom. The summed E-state index contributed by atoms with van der Waals surface area (Å²) in [4.78, 5) is 0. The first kappa shape index (κ1) is 13.9. The average Bonchev–Trinajstić information content (AvgIpc) is 2.86. The fourth-order valence-corrected chi connectivity index (χ4v) is 3.40. The molecule has 1 aliphatic rings. The Bertz CT molecular complexity index is 633. The molecule has 3 rings (SSSR count). The van der Waals surface area contributed by atoms with Crippen molar-refractivity contribution in [3.63, 3.8) is 0 Å². The van der Waals surface area contributed by atoms with E-state index in [1.807, 2.05) is 0 Å². The van der Waals surface area contributed by atoms with E-state index in [1.165, 1.54) is 16.8 Å². The van der Waals surface area contributed by atoms with Crippen LogP contribution in [0.1, 0.15) is 11.1 Å². The summed E-state index contributed by atoms with van der Waals surface area (Å²) in [6.07, 6.45) is 1.08. The van der Waals surface area contributed by atoms with Crippen molar-refractivity contribution >= 4 is 46.2 Å². The van der Waals surface area contributed by atoms with Crippen molar-refractivity contribution in [2.24, 2.45) is 0 Å². The van der Waals surface area contributed by atoms with Crippen LogP contribution in [-0.2, 0) is 13.0 Å². The van der Waals surface area contributed by atoms with Crippen LogP contribution >= 0.6 is 34.8 Å². The SMILES string of the molecule is Clc1cc(Cl)c(NCc2cccc3c2NCC3)c(Cl)c1. The molecule has 20 heavy (non-hydrogen) atoms. The summed E-state index contributed by atoms with van der Waals surface area (Å²) in [5.74, 6) is 0. The van der Waals surface area contributed by atoms with Crippen LogP contribution in [0.3, 0.4) is 0 Å². The first-order valence-corrected chi connectivity index (χ1v) is 7.51. The van der Waals surface area contributed by atoms with Crippen molar-refractivity contribution in [2.45, 2.75) is 13.0 Å². The van der Waals surface area contributed by atoms with E-state index in [0.29, 0.717) is 27.3 Å². The number of para-hydroxylation sites is 1. The predicted molar refractivity (Wildman–Crippen MR) is 87.4 cm³/mol. The molecule has 0 saturated heterocycles. The summed E-state index contributed by atoms with van der Waals surface area (Å²) in [5, 5.41) is 8.30. The van der Waals surface area contributed by atoms with E-state index in [9.17, 15) is 0 Å². The zero-order chi connectivity index (χ0) is 14.1. The molecule has 0 aliphatic carbocycles. The second-order valence-corrected chi connectivity index (χ2v) is 5.98. The smallest absolute Gasteiger partial charge is 0.0722 e. The number of fused-ring (bicyclic) bond motifs is 1. The lowest BCUT2D eigenvalue weighted by Crippen LogP contribution is -2.04. The fraction of sp³-hybridized carbons (Fsp3) is 0.200. The Morgan fingerprint density at radius 1 is 1.10 bits per heavy atom. The molecule has 0 aromatic heterocycles. The van der Waals surface area contributed by atoms with Crippen molar-refractivity contribution in [1.29, 1.82) is 0 Å². The van der Waals surface area contributed by atoms with Gasteiger partial charge in [0.2, 0.25) is 0 Å². The molecule has 104 valence electrons. The molecular weight excluding hydrogens is 315 g/mol. The quantitative estimate of drug-likeness (QED) is 0.807. The molecule has 0 saturated carbocycles. The van der Waals surface area contributed by atoms with E-state index in [1.54, 1.807) is 12.1 Å². The highest BCUT2D eigenvalue weighted by molar-refractivity contribution is 6.41. The second kappa shape index (κ2) is 5.72. The summed E-state index contributed by atoms with van der Waals surface area (Å²) in [6, 6.07) is 9.70. The summed E-state index contributed by atoms with van der Waals surface area (Å²) in [6.45, 7) is 1.66. The number of hydrogen-bond acceptors (Lipinski definition) is 2. The summed E-state index contributed by atoms with van der Waals surface area (Å²) < 4.78 is 0. The number of rotatable bonds is 3. The lowest BCUT2D eigenvalue weighted by atomic mass is 10.1. The zero-order valence-electron chi connectivity index (χ0n) is 10.6. The Balaban J connectivity index is 1.83. The largest absolute Gasteiger partial charge is 0.384 e. The number of anilines is 2. The molecule has 2 aromatic rings. The molecule has 0 atom stereocenters. The van der Waals surface area contributed by atoms with Crippen LogP contribution in [0.2, 0.25) is 15.1 Å². The molecule has 0 fully saturated rings. The molecule has 1 aliphatic heterocycles. The molecule has 1 heterocycles. The summed E-state index contributed by atoms with van der Waals surface area (Å²) in [5.41, 5.74) is 4.51. The topological polar surface area (TPSA) is 24.1 Å². The minimum atomic E-state index is 0.531. The maximum Gasteiger partial charge on any atom is 0.0722 e. The average molecular weight is 328 g/mol. The molecule has 0 spiro atoms. The number of nitrogens with one attached hydrogen (secondary N) is 2. The summed E-state index contributed by atoms with van der Waals surface area (Å²) >= 11 is 18.3. The van der Waals surface area contributed by atoms with Crippen molar-refractivity contribution in [2.75, 3.05) is 17.2 Å². The van der Waals surface area contributed by atoms with Gasteiger partial charge in [0, 0.05) is 23.8 Å². The van der Waals surface area contributed by atoms with Gasteiger partial charge in [0.05, 0.1) is 15.7 Å². The Labute approximate surface area is 133 Å². The zero-order valence-corrected chi connectivity index (χ0v) is 12.9. The molecule has 2 nitrogen and oxygen atoms in total. The molecule has 0 unspecified atom stereocenters. The third-order valence-electron chi connectivity index (χ3n) is 3.40.